The Labute approximate surface area is 178 Å². The number of Topliss-reactive ketones (excluding diaryl/α,β-unsaturated/α-hetero) is 1. The van der Waals surface area contributed by atoms with Gasteiger partial charge in [-0.25, -0.2) is 4.98 Å². The summed E-state index contributed by atoms with van der Waals surface area (Å²) in [5.74, 6) is 0.129. The molecule has 5 nitrogen and oxygen atoms in total. The number of halogens is 1. The number of rotatable bonds is 7. The molecule has 0 spiro atoms. The number of pyridine rings is 1. The summed E-state index contributed by atoms with van der Waals surface area (Å²) < 4.78 is 0. The number of thioether (sulfide) groups is 1. The van der Waals surface area contributed by atoms with Crippen LogP contribution in [0.2, 0.25) is 5.15 Å². The van der Waals surface area contributed by atoms with Crippen LogP contribution in [0.25, 0.3) is 0 Å². The van der Waals surface area contributed by atoms with Crippen molar-refractivity contribution in [3.8, 4) is 0 Å². The highest BCUT2D eigenvalue weighted by Gasteiger charge is 2.06. The number of nitrogens with zero attached hydrogens (tertiary/aromatic N) is 2. The number of anilines is 1. The van der Waals surface area contributed by atoms with Crippen LogP contribution >= 0.6 is 23.4 Å². The number of amides is 1. The minimum absolute atomic E-state index is 0.00762. The molecule has 3 rings (SSSR count). The molecular weight excluding hydrogens is 406 g/mol. The lowest BCUT2D eigenvalue weighted by Crippen LogP contribution is -2.14. The lowest BCUT2D eigenvalue weighted by atomic mass is 10.1. The Morgan fingerprint density at radius 3 is 2.66 bits per heavy atom. The van der Waals surface area contributed by atoms with E-state index in [-0.39, 0.29) is 17.4 Å². The number of benzene rings is 2. The molecule has 146 valence electrons. The molecule has 0 unspecified atom stereocenters. The Hall–Kier alpha value is -2.96. The number of carbonyl (C=O) groups excluding carboxylic acids is 2. The molecule has 0 bridgehead atoms. The van der Waals surface area contributed by atoms with Crippen LogP contribution in [-0.4, -0.2) is 28.6 Å². The van der Waals surface area contributed by atoms with Gasteiger partial charge < -0.3 is 5.32 Å². The smallest absolute Gasteiger partial charge is 0.234 e. The van der Waals surface area contributed by atoms with Crippen molar-refractivity contribution in [2.45, 2.75) is 11.8 Å². The average Bonchev–Trinajstić information content (AvgIpc) is 2.72. The Morgan fingerprint density at radius 1 is 1.14 bits per heavy atom. The Bertz CT molecular complexity index is 1050. The third kappa shape index (κ3) is 6.27. The number of aliphatic imine (C=N–C) groups is 1. The third-order valence-electron chi connectivity index (χ3n) is 3.90. The maximum atomic E-state index is 12.2. The number of hydrogen-bond donors (Lipinski definition) is 1. The maximum absolute atomic E-state index is 12.2. The fourth-order valence-corrected chi connectivity index (χ4v) is 3.34. The molecule has 0 saturated heterocycles. The number of ketones is 1. The minimum atomic E-state index is -0.123. The predicted molar refractivity (Wildman–Crippen MR) is 119 cm³/mol. The molecule has 0 aliphatic rings. The van der Waals surface area contributed by atoms with Crippen LogP contribution in [0.5, 0.6) is 0 Å². The van der Waals surface area contributed by atoms with Gasteiger partial charge >= 0.3 is 0 Å². The average molecular weight is 424 g/mol. The molecule has 2 aromatic carbocycles. The maximum Gasteiger partial charge on any atom is 0.234 e. The Balaban J connectivity index is 1.56. The topological polar surface area (TPSA) is 71.4 Å². The van der Waals surface area contributed by atoms with E-state index < -0.39 is 0 Å². The van der Waals surface area contributed by atoms with Crippen LogP contribution in [0.1, 0.15) is 22.8 Å². The lowest BCUT2D eigenvalue weighted by molar-refractivity contribution is -0.113. The van der Waals surface area contributed by atoms with E-state index in [2.05, 4.69) is 15.3 Å². The van der Waals surface area contributed by atoms with Crippen molar-refractivity contribution < 1.29 is 9.59 Å². The Kier molecular flexibility index (Phi) is 7.16. The van der Waals surface area contributed by atoms with Gasteiger partial charge in [-0.15, -0.1) is 11.8 Å². The van der Waals surface area contributed by atoms with Crippen LogP contribution in [0.4, 0.5) is 11.4 Å². The predicted octanol–water partition coefficient (Wildman–Crippen LogP) is 5.42. The van der Waals surface area contributed by atoms with E-state index >= 15 is 0 Å². The van der Waals surface area contributed by atoms with Crippen LogP contribution in [0, 0.1) is 0 Å². The normalized spacial score (nSPS) is 10.8. The molecular formula is C22H18ClN3O2S. The molecule has 1 amide bonds. The van der Waals surface area contributed by atoms with Crippen molar-refractivity contribution in [2.24, 2.45) is 4.99 Å². The van der Waals surface area contributed by atoms with Crippen molar-refractivity contribution in [3.63, 3.8) is 0 Å². The minimum Gasteiger partial charge on any atom is -0.325 e. The highest BCUT2D eigenvalue weighted by molar-refractivity contribution is 8.00. The zero-order chi connectivity index (χ0) is 20.6. The summed E-state index contributed by atoms with van der Waals surface area (Å²) in [5.41, 5.74) is 2.77. The molecule has 0 fully saturated rings. The summed E-state index contributed by atoms with van der Waals surface area (Å²) in [7, 11) is 0. The van der Waals surface area contributed by atoms with Gasteiger partial charge in [0.2, 0.25) is 5.91 Å². The van der Waals surface area contributed by atoms with Crippen LogP contribution in [0.3, 0.4) is 0 Å². The molecule has 3 aromatic rings. The molecule has 29 heavy (non-hydrogen) atoms. The number of nitrogens with one attached hydrogen (secondary N) is 1. The van der Waals surface area contributed by atoms with Crippen molar-refractivity contribution in [1.82, 2.24) is 4.98 Å². The van der Waals surface area contributed by atoms with Gasteiger partial charge in [0, 0.05) is 34.1 Å². The lowest BCUT2D eigenvalue weighted by Gasteiger charge is -2.06. The van der Waals surface area contributed by atoms with Gasteiger partial charge in [-0.1, -0.05) is 17.7 Å². The zero-order valence-electron chi connectivity index (χ0n) is 15.6. The first-order valence-corrected chi connectivity index (χ1v) is 10.2. The molecule has 0 atom stereocenters. The highest BCUT2D eigenvalue weighted by atomic mass is 35.5. The van der Waals surface area contributed by atoms with Gasteiger partial charge in [0.05, 0.1) is 11.4 Å². The van der Waals surface area contributed by atoms with E-state index in [4.69, 9.17) is 11.6 Å². The highest BCUT2D eigenvalue weighted by Crippen LogP contribution is 2.24. The van der Waals surface area contributed by atoms with Gasteiger partial charge in [0.25, 0.3) is 0 Å². The van der Waals surface area contributed by atoms with Gasteiger partial charge in [-0.05, 0) is 61.5 Å². The fourth-order valence-electron chi connectivity index (χ4n) is 2.43. The second kappa shape index (κ2) is 10.0. The fraction of sp³-hybridized carbons (Fsp3) is 0.0909. The van der Waals surface area contributed by atoms with Crippen LogP contribution in [-0.2, 0) is 4.79 Å². The van der Waals surface area contributed by atoms with Gasteiger partial charge in [-0.2, -0.15) is 0 Å². The van der Waals surface area contributed by atoms with E-state index in [0.29, 0.717) is 16.4 Å². The molecule has 0 aliphatic carbocycles. The van der Waals surface area contributed by atoms with E-state index in [0.717, 1.165) is 16.1 Å². The monoisotopic (exact) mass is 423 g/mol. The number of carbonyl (C=O) groups is 2. The van der Waals surface area contributed by atoms with Gasteiger partial charge in [0.15, 0.2) is 5.78 Å². The van der Waals surface area contributed by atoms with E-state index in [1.165, 1.54) is 18.7 Å². The molecule has 0 radical (unpaired) electrons. The van der Waals surface area contributed by atoms with Crippen LogP contribution < -0.4 is 5.32 Å². The second-order valence-corrected chi connectivity index (χ2v) is 7.52. The summed E-state index contributed by atoms with van der Waals surface area (Å²) in [5, 5.41) is 3.22. The summed E-state index contributed by atoms with van der Waals surface area (Å²) in [4.78, 5) is 32.9. The summed E-state index contributed by atoms with van der Waals surface area (Å²) in [6, 6.07) is 18.1. The standard InChI is InChI=1S/C22H18ClN3O2S/c1-15(27)16-7-9-18(10-8-16)26-21(28)14-29-20-6-2-5-19(12-20)25-13-17-4-3-11-24-22(17)23/h2-13H,14H2,1H3,(H,26,28). The largest absolute Gasteiger partial charge is 0.325 e. The van der Waals surface area contributed by atoms with Crippen LogP contribution in [0.15, 0.2) is 76.7 Å². The SMILES string of the molecule is CC(=O)c1ccc(NC(=O)CSc2cccc(N=Cc3cccnc3Cl)c2)cc1. The Morgan fingerprint density at radius 2 is 1.93 bits per heavy atom. The quantitative estimate of drug-likeness (QED) is 0.238. The van der Waals surface area contributed by atoms with Crippen molar-refractivity contribution in [3.05, 3.63) is 83.1 Å². The van der Waals surface area contributed by atoms with Gasteiger partial charge in [0.1, 0.15) is 5.15 Å². The van der Waals surface area contributed by atoms with Crippen molar-refractivity contribution >= 4 is 52.6 Å². The molecule has 1 aromatic heterocycles. The summed E-state index contributed by atoms with van der Waals surface area (Å²) in [6.07, 6.45) is 3.29. The van der Waals surface area contributed by atoms with Gasteiger partial charge in [-0.3, -0.25) is 14.6 Å². The summed E-state index contributed by atoms with van der Waals surface area (Å²) >= 11 is 7.45. The molecule has 7 heteroatoms. The summed E-state index contributed by atoms with van der Waals surface area (Å²) in [6.45, 7) is 1.51. The first kappa shape index (κ1) is 20.8. The second-order valence-electron chi connectivity index (χ2n) is 6.11. The third-order valence-corrected chi connectivity index (χ3v) is 5.21. The van der Waals surface area contributed by atoms with E-state index in [9.17, 15) is 9.59 Å². The molecule has 0 aliphatic heterocycles. The first-order valence-electron chi connectivity index (χ1n) is 8.79. The zero-order valence-corrected chi connectivity index (χ0v) is 17.2. The molecule has 0 saturated carbocycles. The van der Waals surface area contributed by atoms with Crippen molar-refractivity contribution in [1.29, 1.82) is 0 Å². The number of hydrogen-bond acceptors (Lipinski definition) is 5. The number of aromatic nitrogens is 1. The van der Waals surface area contributed by atoms with Crippen molar-refractivity contribution in [2.75, 3.05) is 11.1 Å². The first-order chi connectivity index (χ1) is 14.0. The van der Waals surface area contributed by atoms with E-state index in [1.54, 1.807) is 42.7 Å². The van der Waals surface area contributed by atoms with E-state index in [1.807, 2.05) is 30.3 Å². The molecule has 1 N–H and O–H groups in total. The molecule has 1 heterocycles.